The van der Waals surface area contributed by atoms with E-state index in [-0.39, 0.29) is 0 Å². The lowest BCUT2D eigenvalue weighted by molar-refractivity contribution is 0.973. The van der Waals surface area contributed by atoms with Crippen LogP contribution < -0.4 is 5.43 Å². The standard InChI is InChI=1S/C24H20N4S/c1-16-14-19(15-25-27-24-26-21-11-5-6-13-23(21)29-24)17(2)28(16)22-12-7-9-18-8-3-4-10-20(18)22/h3-15H,1-2H3,(H,26,27)/b25-15+. The fourth-order valence-electron chi connectivity index (χ4n) is 3.77. The van der Waals surface area contributed by atoms with Crippen molar-refractivity contribution in [1.82, 2.24) is 9.55 Å². The molecule has 0 saturated carbocycles. The Kier molecular flexibility index (Phi) is 4.37. The van der Waals surface area contributed by atoms with Crippen molar-refractivity contribution in [3.05, 3.63) is 89.7 Å². The molecule has 4 nitrogen and oxygen atoms in total. The zero-order valence-electron chi connectivity index (χ0n) is 16.3. The van der Waals surface area contributed by atoms with E-state index in [1.54, 1.807) is 11.3 Å². The van der Waals surface area contributed by atoms with Crippen LogP contribution in [0, 0.1) is 13.8 Å². The lowest BCUT2D eigenvalue weighted by Gasteiger charge is -2.12. The average Bonchev–Trinajstić information content (AvgIpc) is 3.28. The van der Waals surface area contributed by atoms with Crippen LogP contribution in [0.2, 0.25) is 0 Å². The second kappa shape index (κ2) is 7.18. The number of para-hydroxylation sites is 1. The molecule has 29 heavy (non-hydrogen) atoms. The number of hydrogen-bond donors (Lipinski definition) is 1. The fraction of sp³-hybridized carbons (Fsp3) is 0.0833. The van der Waals surface area contributed by atoms with E-state index in [1.807, 2.05) is 24.4 Å². The molecule has 1 N–H and O–H groups in total. The summed E-state index contributed by atoms with van der Waals surface area (Å²) < 4.78 is 3.45. The zero-order chi connectivity index (χ0) is 19.8. The molecule has 0 unspecified atom stereocenters. The molecule has 2 heterocycles. The van der Waals surface area contributed by atoms with Crippen LogP contribution in [-0.2, 0) is 0 Å². The van der Waals surface area contributed by atoms with Gasteiger partial charge in [-0.15, -0.1) is 0 Å². The van der Waals surface area contributed by atoms with Crippen LogP contribution in [-0.4, -0.2) is 15.8 Å². The Morgan fingerprint density at radius 3 is 2.66 bits per heavy atom. The first-order chi connectivity index (χ1) is 14.2. The molecule has 0 saturated heterocycles. The highest BCUT2D eigenvalue weighted by atomic mass is 32.1. The van der Waals surface area contributed by atoms with Gasteiger partial charge in [-0.05, 0) is 43.5 Å². The van der Waals surface area contributed by atoms with Gasteiger partial charge < -0.3 is 4.57 Å². The second-order valence-corrected chi connectivity index (χ2v) is 8.05. The van der Waals surface area contributed by atoms with Crippen molar-refractivity contribution in [3.63, 3.8) is 0 Å². The molecule has 3 aromatic carbocycles. The maximum Gasteiger partial charge on any atom is 0.204 e. The number of nitrogens with zero attached hydrogens (tertiary/aromatic N) is 3. The summed E-state index contributed by atoms with van der Waals surface area (Å²) in [5.41, 5.74) is 8.69. The third-order valence-corrected chi connectivity index (χ3v) is 6.08. The minimum Gasteiger partial charge on any atom is -0.317 e. The maximum absolute atomic E-state index is 4.56. The van der Waals surface area contributed by atoms with Gasteiger partial charge in [0.1, 0.15) is 0 Å². The maximum atomic E-state index is 4.56. The molecule has 142 valence electrons. The molecule has 0 atom stereocenters. The first-order valence-electron chi connectivity index (χ1n) is 9.52. The van der Waals surface area contributed by atoms with Crippen LogP contribution >= 0.6 is 11.3 Å². The molecule has 5 rings (SSSR count). The number of anilines is 1. The summed E-state index contributed by atoms with van der Waals surface area (Å²) in [5.74, 6) is 0. The van der Waals surface area contributed by atoms with Gasteiger partial charge in [0, 0.05) is 22.3 Å². The molecule has 2 aromatic heterocycles. The first kappa shape index (κ1) is 17.6. The SMILES string of the molecule is Cc1cc(/C=N/Nc2nc3ccccc3s2)c(C)n1-c1cccc2ccccc12. The number of fused-ring (bicyclic) bond motifs is 2. The third-order valence-electron chi connectivity index (χ3n) is 5.14. The van der Waals surface area contributed by atoms with Gasteiger partial charge in [-0.25, -0.2) is 4.98 Å². The van der Waals surface area contributed by atoms with E-state index in [1.165, 1.54) is 22.2 Å². The zero-order valence-corrected chi connectivity index (χ0v) is 17.1. The summed E-state index contributed by atoms with van der Waals surface area (Å²) in [6.07, 6.45) is 1.87. The van der Waals surface area contributed by atoms with Crippen molar-refractivity contribution >= 4 is 43.7 Å². The third kappa shape index (κ3) is 3.19. The van der Waals surface area contributed by atoms with E-state index in [0.29, 0.717) is 0 Å². The number of aryl methyl sites for hydroxylation is 1. The molecule has 0 bridgehead atoms. The minimum absolute atomic E-state index is 0.797. The van der Waals surface area contributed by atoms with Gasteiger partial charge in [-0.3, -0.25) is 5.43 Å². The first-order valence-corrected chi connectivity index (χ1v) is 10.3. The van der Waals surface area contributed by atoms with Crippen LogP contribution in [0.15, 0.2) is 77.9 Å². The molecule has 0 aliphatic heterocycles. The van der Waals surface area contributed by atoms with Gasteiger partial charge in [0.05, 0.1) is 22.1 Å². The van der Waals surface area contributed by atoms with Crippen LogP contribution in [0.3, 0.4) is 0 Å². The Bertz CT molecular complexity index is 1320. The second-order valence-electron chi connectivity index (χ2n) is 7.02. The van der Waals surface area contributed by atoms with E-state index in [9.17, 15) is 0 Å². The van der Waals surface area contributed by atoms with E-state index in [4.69, 9.17) is 0 Å². The lowest BCUT2D eigenvalue weighted by atomic mass is 10.1. The number of aromatic nitrogens is 2. The van der Waals surface area contributed by atoms with E-state index in [2.05, 4.69) is 88.5 Å². The largest absolute Gasteiger partial charge is 0.317 e. The topological polar surface area (TPSA) is 42.2 Å². The minimum atomic E-state index is 0.797. The number of thiazole rings is 1. The molecule has 0 fully saturated rings. The molecule has 0 radical (unpaired) electrons. The Morgan fingerprint density at radius 1 is 0.966 bits per heavy atom. The number of hydrazone groups is 1. The van der Waals surface area contributed by atoms with Gasteiger partial charge in [0.25, 0.3) is 0 Å². The Labute approximate surface area is 173 Å². The van der Waals surface area contributed by atoms with Gasteiger partial charge in [-0.1, -0.05) is 59.9 Å². The van der Waals surface area contributed by atoms with Crippen LogP contribution in [0.5, 0.6) is 0 Å². The smallest absolute Gasteiger partial charge is 0.204 e. The summed E-state index contributed by atoms with van der Waals surface area (Å²) in [6.45, 7) is 4.26. The lowest BCUT2D eigenvalue weighted by Crippen LogP contribution is -2.00. The van der Waals surface area contributed by atoms with Crippen molar-refractivity contribution in [1.29, 1.82) is 0 Å². The highest BCUT2D eigenvalue weighted by Crippen LogP contribution is 2.27. The van der Waals surface area contributed by atoms with Crippen molar-refractivity contribution in [3.8, 4) is 5.69 Å². The fourth-order valence-corrected chi connectivity index (χ4v) is 4.58. The van der Waals surface area contributed by atoms with Crippen molar-refractivity contribution in [2.24, 2.45) is 5.10 Å². The molecular formula is C24H20N4S. The summed E-state index contributed by atoms with van der Waals surface area (Å²) >= 11 is 1.60. The summed E-state index contributed by atoms with van der Waals surface area (Å²) in [7, 11) is 0. The molecule has 0 aliphatic rings. The molecular weight excluding hydrogens is 376 g/mol. The van der Waals surface area contributed by atoms with Gasteiger partial charge >= 0.3 is 0 Å². The monoisotopic (exact) mass is 396 g/mol. The summed E-state index contributed by atoms with van der Waals surface area (Å²) in [4.78, 5) is 4.56. The molecule has 0 amide bonds. The number of nitrogens with one attached hydrogen (secondary N) is 1. The van der Waals surface area contributed by atoms with Crippen molar-refractivity contribution in [2.45, 2.75) is 13.8 Å². The van der Waals surface area contributed by atoms with Crippen molar-refractivity contribution < 1.29 is 0 Å². The molecule has 5 aromatic rings. The normalized spacial score (nSPS) is 11.7. The quantitative estimate of drug-likeness (QED) is 0.286. The molecule has 0 spiro atoms. The predicted octanol–water partition coefficient (Wildman–Crippen LogP) is 6.30. The number of rotatable bonds is 4. The Hall–Kier alpha value is -3.44. The number of benzene rings is 3. The van der Waals surface area contributed by atoms with Crippen LogP contribution in [0.4, 0.5) is 5.13 Å². The molecule has 5 heteroatoms. The van der Waals surface area contributed by atoms with Crippen LogP contribution in [0.25, 0.3) is 26.7 Å². The van der Waals surface area contributed by atoms with Gasteiger partial charge in [0.15, 0.2) is 0 Å². The van der Waals surface area contributed by atoms with Crippen LogP contribution in [0.1, 0.15) is 17.0 Å². The Balaban J connectivity index is 1.47. The highest BCUT2D eigenvalue weighted by molar-refractivity contribution is 7.22. The Morgan fingerprint density at radius 2 is 1.76 bits per heavy atom. The summed E-state index contributed by atoms with van der Waals surface area (Å²) in [6, 6.07) is 25.2. The predicted molar refractivity (Wildman–Crippen MR) is 124 cm³/mol. The van der Waals surface area contributed by atoms with Crippen molar-refractivity contribution in [2.75, 3.05) is 5.43 Å². The van der Waals surface area contributed by atoms with E-state index in [0.717, 1.165) is 26.6 Å². The number of hydrogen-bond acceptors (Lipinski definition) is 4. The van der Waals surface area contributed by atoms with Gasteiger partial charge in [-0.2, -0.15) is 5.10 Å². The average molecular weight is 397 g/mol. The summed E-state index contributed by atoms with van der Waals surface area (Å²) in [5, 5.41) is 7.72. The van der Waals surface area contributed by atoms with Gasteiger partial charge in [0.2, 0.25) is 5.13 Å². The van der Waals surface area contributed by atoms with E-state index >= 15 is 0 Å². The highest BCUT2D eigenvalue weighted by Gasteiger charge is 2.11. The molecule has 0 aliphatic carbocycles. The van der Waals surface area contributed by atoms with E-state index < -0.39 is 0 Å².